The Morgan fingerprint density at radius 2 is 1.58 bits per heavy atom. The molecule has 112 valence electrons. The zero-order valence-corrected chi connectivity index (χ0v) is 13.4. The lowest BCUT2D eigenvalue weighted by Crippen LogP contribution is -2.38. The van der Waals surface area contributed by atoms with Crippen LogP contribution in [0.15, 0.2) is 0 Å². The number of carbonyl (C=O) groups excluding carboxylic acids is 1. The van der Waals surface area contributed by atoms with Gasteiger partial charge in [0.15, 0.2) is 0 Å². The van der Waals surface area contributed by atoms with Gasteiger partial charge < -0.3 is 10.6 Å². The molecule has 0 spiro atoms. The van der Waals surface area contributed by atoms with Crippen LogP contribution in [0, 0.1) is 0 Å². The second-order valence-electron chi connectivity index (χ2n) is 5.15. The Balaban J connectivity index is 3.71. The fourth-order valence-corrected chi connectivity index (χ4v) is 2.30. The summed E-state index contributed by atoms with van der Waals surface area (Å²) in [5.41, 5.74) is 5.52. The molecule has 1 amide bonds. The number of thiocarbonyl (C=S) groups is 1. The summed E-state index contributed by atoms with van der Waals surface area (Å²) >= 11 is 4.88. The number of hydrogen-bond donors (Lipinski definition) is 1. The number of unbranched alkanes of at least 4 members (excludes halogenated alkanes) is 6. The lowest BCUT2D eigenvalue weighted by Gasteiger charge is -2.21. The maximum absolute atomic E-state index is 12.0. The predicted octanol–water partition coefficient (Wildman–Crippen LogP) is 3.65. The van der Waals surface area contributed by atoms with Crippen LogP contribution < -0.4 is 5.73 Å². The van der Waals surface area contributed by atoms with E-state index in [0.717, 1.165) is 25.8 Å². The number of hydrogen-bond acceptors (Lipinski definition) is 2. The van der Waals surface area contributed by atoms with Crippen molar-refractivity contribution in [2.75, 3.05) is 13.1 Å². The number of amides is 1. The number of rotatable bonds is 12. The fourth-order valence-electron chi connectivity index (χ4n) is 2.14. The Morgan fingerprint density at radius 3 is 2.11 bits per heavy atom. The number of nitrogens with zero attached hydrogens (tertiary/aromatic N) is 1. The maximum atomic E-state index is 12.0. The van der Waals surface area contributed by atoms with E-state index in [1.165, 1.54) is 32.1 Å². The van der Waals surface area contributed by atoms with Crippen LogP contribution in [-0.2, 0) is 4.79 Å². The molecule has 0 aromatic carbocycles. The lowest BCUT2D eigenvalue weighted by atomic mass is 10.1. The molecule has 0 saturated carbocycles. The van der Waals surface area contributed by atoms with E-state index in [1.807, 2.05) is 0 Å². The summed E-state index contributed by atoms with van der Waals surface area (Å²) in [5, 5.41) is 0. The highest BCUT2D eigenvalue weighted by atomic mass is 32.1. The highest BCUT2D eigenvalue weighted by Gasteiger charge is 2.12. The van der Waals surface area contributed by atoms with Gasteiger partial charge in [-0.3, -0.25) is 4.79 Å². The molecule has 0 saturated heterocycles. The molecule has 4 heteroatoms. The van der Waals surface area contributed by atoms with Crippen LogP contribution in [0.5, 0.6) is 0 Å². The molecule has 0 heterocycles. The van der Waals surface area contributed by atoms with Crippen molar-refractivity contribution < 1.29 is 4.79 Å². The molecular weight excluding hydrogens is 256 g/mol. The summed E-state index contributed by atoms with van der Waals surface area (Å²) in [6.07, 6.45) is 10.2. The Kier molecular flexibility index (Phi) is 12.0. The molecule has 0 radical (unpaired) electrons. The average Bonchev–Trinajstić information content (AvgIpc) is 2.36. The second-order valence-corrected chi connectivity index (χ2v) is 5.68. The minimum atomic E-state index is 0.197. The van der Waals surface area contributed by atoms with E-state index in [9.17, 15) is 4.79 Å². The highest BCUT2D eigenvalue weighted by Crippen LogP contribution is 2.09. The van der Waals surface area contributed by atoms with Gasteiger partial charge in [-0.1, -0.05) is 64.6 Å². The average molecular weight is 286 g/mol. The molecule has 0 rings (SSSR count). The van der Waals surface area contributed by atoms with Gasteiger partial charge in [-0.25, -0.2) is 0 Å². The lowest BCUT2D eigenvalue weighted by molar-refractivity contribution is -0.130. The van der Waals surface area contributed by atoms with Gasteiger partial charge in [0, 0.05) is 13.0 Å². The summed E-state index contributed by atoms with van der Waals surface area (Å²) in [5.74, 6) is 0.197. The third-order valence-electron chi connectivity index (χ3n) is 3.19. The normalized spacial score (nSPS) is 10.4. The molecule has 3 nitrogen and oxygen atoms in total. The van der Waals surface area contributed by atoms with Crippen molar-refractivity contribution in [3.05, 3.63) is 0 Å². The van der Waals surface area contributed by atoms with Gasteiger partial charge in [-0.05, 0) is 12.8 Å². The highest BCUT2D eigenvalue weighted by molar-refractivity contribution is 7.80. The Bertz CT molecular complexity index is 257. The summed E-state index contributed by atoms with van der Waals surface area (Å²) in [4.78, 5) is 14.2. The van der Waals surface area contributed by atoms with Crippen molar-refractivity contribution in [2.45, 2.75) is 71.6 Å². The summed E-state index contributed by atoms with van der Waals surface area (Å²) in [6.45, 7) is 5.47. The van der Waals surface area contributed by atoms with Crippen LogP contribution in [-0.4, -0.2) is 28.9 Å². The molecule has 19 heavy (non-hydrogen) atoms. The number of nitrogens with two attached hydrogens (primary N) is 1. The number of carbonyl (C=O) groups is 1. The monoisotopic (exact) mass is 286 g/mol. The molecule has 2 N–H and O–H groups in total. The van der Waals surface area contributed by atoms with Crippen molar-refractivity contribution in [3.8, 4) is 0 Å². The Labute approximate surface area is 123 Å². The third-order valence-corrected chi connectivity index (χ3v) is 3.32. The minimum absolute atomic E-state index is 0.197. The van der Waals surface area contributed by atoms with E-state index in [2.05, 4.69) is 13.8 Å². The van der Waals surface area contributed by atoms with E-state index >= 15 is 0 Å². The van der Waals surface area contributed by atoms with Gasteiger partial charge in [0.05, 0.1) is 11.5 Å². The first-order valence-corrected chi connectivity index (χ1v) is 8.08. The van der Waals surface area contributed by atoms with Crippen molar-refractivity contribution in [2.24, 2.45) is 5.73 Å². The maximum Gasteiger partial charge on any atom is 0.222 e. The SMILES string of the molecule is CCCCCCCCCC(=O)N(CCC)CC(N)=S. The molecule has 0 aromatic heterocycles. The van der Waals surface area contributed by atoms with Gasteiger partial charge in [-0.15, -0.1) is 0 Å². The van der Waals surface area contributed by atoms with Gasteiger partial charge in [-0.2, -0.15) is 0 Å². The Hall–Kier alpha value is -0.640. The molecular formula is C15H30N2OS. The Morgan fingerprint density at radius 1 is 1.00 bits per heavy atom. The zero-order valence-electron chi connectivity index (χ0n) is 12.6. The molecule has 0 unspecified atom stereocenters. The molecule has 0 aromatic rings. The standard InChI is InChI=1S/C15H30N2OS/c1-3-5-6-7-8-9-10-11-15(18)17(12-4-2)13-14(16)19/h3-13H2,1-2H3,(H2,16,19). The van der Waals surface area contributed by atoms with E-state index in [4.69, 9.17) is 18.0 Å². The van der Waals surface area contributed by atoms with E-state index in [-0.39, 0.29) is 5.91 Å². The molecule has 0 bridgehead atoms. The molecule has 0 aliphatic carbocycles. The molecule has 0 aliphatic rings. The summed E-state index contributed by atoms with van der Waals surface area (Å²) in [7, 11) is 0. The van der Waals surface area contributed by atoms with Crippen molar-refractivity contribution in [3.63, 3.8) is 0 Å². The van der Waals surface area contributed by atoms with E-state index in [1.54, 1.807) is 4.90 Å². The van der Waals surface area contributed by atoms with Crippen molar-refractivity contribution in [1.29, 1.82) is 0 Å². The predicted molar refractivity (Wildman–Crippen MR) is 86.3 cm³/mol. The van der Waals surface area contributed by atoms with Crippen LogP contribution >= 0.6 is 12.2 Å². The molecule has 0 fully saturated rings. The van der Waals surface area contributed by atoms with Gasteiger partial charge >= 0.3 is 0 Å². The van der Waals surface area contributed by atoms with Crippen LogP contribution in [0.4, 0.5) is 0 Å². The van der Waals surface area contributed by atoms with Crippen LogP contribution in [0.1, 0.15) is 71.6 Å². The first-order chi connectivity index (χ1) is 9.11. The minimum Gasteiger partial charge on any atom is -0.392 e. The quantitative estimate of drug-likeness (QED) is 0.440. The third kappa shape index (κ3) is 10.9. The van der Waals surface area contributed by atoms with E-state index < -0.39 is 0 Å². The van der Waals surface area contributed by atoms with Gasteiger partial charge in [0.25, 0.3) is 0 Å². The summed E-state index contributed by atoms with van der Waals surface area (Å²) in [6, 6.07) is 0. The van der Waals surface area contributed by atoms with Crippen LogP contribution in [0.2, 0.25) is 0 Å². The zero-order chi connectivity index (χ0) is 14.5. The van der Waals surface area contributed by atoms with Crippen molar-refractivity contribution >= 4 is 23.1 Å². The van der Waals surface area contributed by atoms with Crippen LogP contribution in [0.25, 0.3) is 0 Å². The first kappa shape index (κ1) is 18.4. The smallest absolute Gasteiger partial charge is 0.222 e. The summed E-state index contributed by atoms with van der Waals surface area (Å²) < 4.78 is 0. The van der Waals surface area contributed by atoms with E-state index in [0.29, 0.717) is 18.0 Å². The van der Waals surface area contributed by atoms with Gasteiger partial charge in [0.2, 0.25) is 5.91 Å². The first-order valence-electron chi connectivity index (χ1n) is 7.67. The van der Waals surface area contributed by atoms with Crippen molar-refractivity contribution in [1.82, 2.24) is 4.90 Å². The largest absolute Gasteiger partial charge is 0.392 e. The second kappa shape index (κ2) is 12.4. The fraction of sp³-hybridized carbons (Fsp3) is 0.867. The topological polar surface area (TPSA) is 46.3 Å². The van der Waals surface area contributed by atoms with Gasteiger partial charge in [0.1, 0.15) is 0 Å². The molecule has 0 atom stereocenters. The van der Waals surface area contributed by atoms with Crippen LogP contribution in [0.3, 0.4) is 0 Å². The molecule has 0 aliphatic heterocycles.